The Bertz CT molecular complexity index is 784. The van der Waals surface area contributed by atoms with Crippen LogP contribution in [0.3, 0.4) is 0 Å². The smallest absolute Gasteiger partial charge is 0.295 e. The molecule has 1 unspecified atom stereocenters. The lowest BCUT2D eigenvalue weighted by Gasteiger charge is -2.19. The molecule has 5 heteroatoms. The summed E-state index contributed by atoms with van der Waals surface area (Å²) in [6.45, 7) is 3.04. The highest BCUT2D eigenvalue weighted by molar-refractivity contribution is 9.10. The van der Waals surface area contributed by atoms with Crippen molar-refractivity contribution in [3.05, 3.63) is 53.0 Å². The average Bonchev–Trinajstić information content (AvgIpc) is 3.19. The van der Waals surface area contributed by atoms with Crippen LogP contribution in [-0.4, -0.2) is 24.6 Å². The molecule has 2 aromatic carbocycles. The molecule has 4 rings (SSSR count). The molecule has 1 aliphatic heterocycles. The van der Waals surface area contributed by atoms with Crippen LogP contribution >= 0.6 is 15.9 Å². The molecular weight excluding hydrogens is 354 g/mol. The molecule has 118 valence electrons. The van der Waals surface area contributed by atoms with Gasteiger partial charge in [0.2, 0.25) is 0 Å². The summed E-state index contributed by atoms with van der Waals surface area (Å²) < 4.78 is 6.84. The van der Waals surface area contributed by atoms with Crippen molar-refractivity contribution in [3.8, 4) is 0 Å². The van der Waals surface area contributed by atoms with E-state index in [0.29, 0.717) is 11.9 Å². The van der Waals surface area contributed by atoms with E-state index in [1.807, 2.05) is 24.3 Å². The van der Waals surface area contributed by atoms with Gasteiger partial charge >= 0.3 is 0 Å². The quantitative estimate of drug-likeness (QED) is 0.731. The Morgan fingerprint density at radius 3 is 3.00 bits per heavy atom. The summed E-state index contributed by atoms with van der Waals surface area (Å²) in [6, 6.07) is 17.0. The number of rotatable bonds is 4. The van der Waals surface area contributed by atoms with E-state index in [9.17, 15) is 0 Å². The van der Waals surface area contributed by atoms with Gasteiger partial charge in [0, 0.05) is 29.8 Å². The fraction of sp³-hybridized carbons (Fsp3) is 0.278. The fourth-order valence-corrected chi connectivity index (χ4v) is 3.47. The number of nitrogens with one attached hydrogen (secondary N) is 1. The first-order valence-electron chi connectivity index (χ1n) is 7.88. The van der Waals surface area contributed by atoms with Crippen LogP contribution in [0.15, 0.2) is 57.4 Å². The molecule has 23 heavy (non-hydrogen) atoms. The van der Waals surface area contributed by atoms with Crippen LogP contribution in [0.25, 0.3) is 11.1 Å². The highest BCUT2D eigenvalue weighted by Gasteiger charge is 2.23. The topological polar surface area (TPSA) is 41.3 Å². The van der Waals surface area contributed by atoms with Gasteiger partial charge in [0.15, 0.2) is 5.58 Å². The molecule has 1 N–H and O–H groups in total. The molecule has 0 bridgehead atoms. The molecule has 0 spiro atoms. The molecule has 0 radical (unpaired) electrons. The maximum Gasteiger partial charge on any atom is 0.295 e. The molecule has 0 saturated carbocycles. The molecule has 1 atom stereocenters. The van der Waals surface area contributed by atoms with Crippen LogP contribution in [0.1, 0.15) is 6.42 Å². The van der Waals surface area contributed by atoms with Gasteiger partial charge in [-0.3, -0.25) is 0 Å². The third-order valence-electron chi connectivity index (χ3n) is 4.30. The number of para-hydroxylation sites is 2. The zero-order valence-corrected chi connectivity index (χ0v) is 14.3. The first kappa shape index (κ1) is 14.6. The number of hydrogen-bond donors (Lipinski definition) is 1. The van der Waals surface area contributed by atoms with E-state index >= 15 is 0 Å². The molecule has 4 nitrogen and oxygen atoms in total. The average molecular weight is 372 g/mol. The van der Waals surface area contributed by atoms with Crippen LogP contribution in [0.2, 0.25) is 0 Å². The van der Waals surface area contributed by atoms with E-state index in [4.69, 9.17) is 4.42 Å². The van der Waals surface area contributed by atoms with Gasteiger partial charge in [-0.1, -0.05) is 34.1 Å². The Morgan fingerprint density at radius 2 is 2.13 bits per heavy atom. The van der Waals surface area contributed by atoms with E-state index < -0.39 is 0 Å². The summed E-state index contributed by atoms with van der Waals surface area (Å²) in [5, 5.41) is 3.35. The second kappa shape index (κ2) is 6.24. The highest BCUT2D eigenvalue weighted by Crippen LogP contribution is 2.26. The van der Waals surface area contributed by atoms with Crippen LogP contribution < -0.4 is 10.2 Å². The Labute approximate surface area is 143 Å². The van der Waals surface area contributed by atoms with Crippen LogP contribution in [0.4, 0.5) is 11.7 Å². The van der Waals surface area contributed by atoms with Crippen molar-refractivity contribution >= 4 is 38.7 Å². The Hall–Kier alpha value is -2.01. The minimum absolute atomic E-state index is 0.601. The maximum absolute atomic E-state index is 5.71. The van der Waals surface area contributed by atoms with E-state index in [1.165, 1.54) is 12.1 Å². The molecule has 1 saturated heterocycles. The fourth-order valence-electron chi connectivity index (χ4n) is 3.09. The van der Waals surface area contributed by atoms with Crippen molar-refractivity contribution < 1.29 is 4.42 Å². The van der Waals surface area contributed by atoms with Gasteiger partial charge in [-0.2, -0.15) is 4.98 Å². The molecule has 3 aromatic rings. The van der Waals surface area contributed by atoms with Gasteiger partial charge in [-0.05, 0) is 42.7 Å². The van der Waals surface area contributed by atoms with Gasteiger partial charge in [0.25, 0.3) is 6.01 Å². The Morgan fingerprint density at radius 1 is 1.22 bits per heavy atom. The third kappa shape index (κ3) is 3.20. The van der Waals surface area contributed by atoms with Gasteiger partial charge in [-0.15, -0.1) is 0 Å². The van der Waals surface area contributed by atoms with Crippen LogP contribution in [0.5, 0.6) is 0 Å². The number of benzene rings is 2. The van der Waals surface area contributed by atoms with Crippen molar-refractivity contribution in [1.82, 2.24) is 4.98 Å². The second-order valence-electron chi connectivity index (χ2n) is 5.95. The zero-order valence-electron chi connectivity index (χ0n) is 12.7. The third-order valence-corrected chi connectivity index (χ3v) is 4.79. The standard InChI is InChI=1S/C18H18BrN3O/c19-14-4-3-5-15(10-14)22-9-8-13(12-22)11-20-18-21-16-6-1-2-7-17(16)23-18/h1-7,10,13H,8-9,11-12H2,(H,20,21). The minimum Gasteiger partial charge on any atom is -0.424 e. The first-order valence-corrected chi connectivity index (χ1v) is 8.67. The van der Waals surface area contributed by atoms with Gasteiger partial charge in [0.05, 0.1) is 0 Å². The summed E-state index contributed by atoms with van der Waals surface area (Å²) in [5.41, 5.74) is 3.01. The van der Waals surface area contributed by atoms with E-state index in [-0.39, 0.29) is 0 Å². The van der Waals surface area contributed by atoms with Gasteiger partial charge in [0.1, 0.15) is 5.52 Å². The number of aromatic nitrogens is 1. The van der Waals surface area contributed by atoms with Crippen LogP contribution in [0, 0.1) is 5.92 Å². The predicted molar refractivity (Wildman–Crippen MR) is 97.0 cm³/mol. The number of halogens is 1. The summed E-state index contributed by atoms with van der Waals surface area (Å²) in [4.78, 5) is 6.90. The molecule has 0 aliphatic carbocycles. The van der Waals surface area contributed by atoms with Crippen molar-refractivity contribution in [1.29, 1.82) is 0 Å². The van der Waals surface area contributed by atoms with Crippen molar-refractivity contribution in [2.45, 2.75) is 6.42 Å². The number of nitrogens with zero attached hydrogens (tertiary/aromatic N) is 2. The summed E-state index contributed by atoms with van der Waals surface area (Å²) in [5.74, 6) is 0.601. The largest absolute Gasteiger partial charge is 0.424 e. The number of oxazole rings is 1. The summed E-state index contributed by atoms with van der Waals surface area (Å²) >= 11 is 3.54. The monoisotopic (exact) mass is 371 g/mol. The lowest BCUT2D eigenvalue weighted by molar-refractivity contribution is 0.577. The number of anilines is 2. The normalized spacial score (nSPS) is 17.8. The van der Waals surface area contributed by atoms with E-state index in [1.54, 1.807) is 0 Å². The summed E-state index contributed by atoms with van der Waals surface area (Å²) in [7, 11) is 0. The van der Waals surface area contributed by atoms with E-state index in [2.05, 4.69) is 55.4 Å². The predicted octanol–water partition coefficient (Wildman–Crippen LogP) is 4.53. The van der Waals surface area contributed by atoms with Crippen molar-refractivity contribution in [3.63, 3.8) is 0 Å². The van der Waals surface area contributed by atoms with E-state index in [0.717, 1.165) is 35.2 Å². The number of hydrogen-bond acceptors (Lipinski definition) is 4. The molecule has 2 heterocycles. The molecule has 1 aliphatic rings. The number of fused-ring (bicyclic) bond motifs is 1. The SMILES string of the molecule is Brc1cccc(N2CCC(CNc3nc4ccccc4o3)C2)c1. The Kier molecular flexibility index (Phi) is 3.95. The zero-order chi connectivity index (χ0) is 15.6. The first-order chi connectivity index (χ1) is 11.3. The van der Waals surface area contributed by atoms with Crippen LogP contribution in [-0.2, 0) is 0 Å². The van der Waals surface area contributed by atoms with Gasteiger partial charge in [-0.25, -0.2) is 0 Å². The lowest BCUT2D eigenvalue weighted by Crippen LogP contribution is -2.22. The van der Waals surface area contributed by atoms with Crippen molar-refractivity contribution in [2.24, 2.45) is 5.92 Å². The summed E-state index contributed by atoms with van der Waals surface area (Å²) in [6.07, 6.45) is 1.18. The molecule has 1 aromatic heterocycles. The maximum atomic E-state index is 5.71. The van der Waals surface area contributed by atoms with Gasteiger partial charge < -0.3 is 14.6 Å². The lowest BCUT2D eigenvalue weighted by atomic mass is 10.1. The Balaban J connectivity index is 1.37. The molecular formula is C18H18BrN3O. The molecule has 1 fully saturated rings. The minimum atomic E-state index is 0.601. The highest BCUT2D eigenvalue weighted by atomic mass is 79.9. The van der Waals surface area contributed by atoms with Crippen molar-refractivity contribution in [2.75, 3.05) is 29.9 Å². The molecule has 0 amide bonds. The second-order valence-corrected chi connectivity index (χ2v) is 6.86.